The molecule has 3 rings (SSSR count). The Labute approximate surface area is 125 Å². The van der Waals surface area contributed by atoms with Gasteiger partial charge in [0.25, 0.3) is 0 Å². The van der Waals surface area contributed by atoms with Gasteiger partial charge in [-0.2, -0.15) is 0 Å². The predicted octanol–water partition coefficient (Wildman–Crippen LogP) is 3.85. The van der Waals surface area contributed by atoms with Crippen LogP contribution in [0.5, 0.6) is 5.75 Å². The number of aromatic nitrogens is 2. The normalized spacial score (nSPS) is 15.1. The molecule has 1 aromatic carbocycles. The van der Waals surface area contributed by atoms with E-state index in [9.17, 15) is 0 Å². The lowest BCUT2D eigenvalue weighted by Crippen LogP contribution is -2.03. The molecule has 0 unspecified atom stereocenters. The second kappa shape index (κ2) is 6.12. The summed E-state index contributed by atoms with van der Waals surface area (Å²) in [5.74, 6) is 3.10. The fourth-order valence-electron chi connectivity index (χ4n) is 2.89. The van der Waals surface area contributed by atoms with Crippen LogP contribution in [0.15, 0.2) is 30.3 Å². The van der Waals surface area contributed by atoms with Crippen LogP contribution in [0.25, 0.3) is 11.4 Å². The minimum Gasteiger partial charge on any atom is -0.497 e. The number of methoxy groups -OCH3 is 1. The standard InChI is InChI=1S/C17H21N3O/c1-18-16-11-15(12-5-3-4-6-12)19-17(20-16)13-7-9-14(21-2)10-8-13/h7-12H,3-6H2,1-2H3,(H,18,19,20). The average molecular weight is 283 g/mol. The van der Waals surface area contributed by atoms with Gasteiger partial charge in [-0.05, 0) is 37.1 Å². The Morgan fingerprint density at radius 3 is 2.43 bits per heavy atom. The molecule has 0 radical (unpaired) electrons. The van der Waals surface area contributed by atoms with E-state index < -0.39 is 0 Å². The van der Waals surface area contributed by atoms with Crippen molar-refractivity contribution < 1.29 is 4.74 Å². The van der Waals surface area contributed by atoms with E-state index in [1.807, 2.05) is 31.3 Å². The number of ether oxygens (including phenoxy) is 1. The van der Waals surface area contributed by atoms with Gasteiger partial charge in [-0.1, -0.05) is 12.8 Å². The van der Waals surface area contributed by atoms with Gasteiger partial charge in [0.2, 0.25) is 0 Å². The smallest absolute Gasteiger partial charge is 0.161 e. The molecule has 1 aliphatic rings. The van der Waals surface area contributed by atoms with E-state index in [0.29, 0.717) is 5.92 Å². The summed E-state index contributed by atoms with van der Waals surface area (Å²) in [5.41, 5.74) is 2.19. The number of nitrogens with one attached hydrogen (secondary N) is 1. The van der Waals surface area contributed by atoms with Gasteiger partial charge < -0.3 is 10.1 Å². The monoisotopic (exact) mass is 283 g/mol. The Morgan fingerprint density at radius 2 is 1.81 bits per heavy atom. The Hall–Kier alpha value is -2.10. The molecule has 0 aliphatic heterocycles. The molecule has 1 fully saturated rings. The van der Waals surface area contributed by atoms with Gasteiger partial charge in [0.05, 0.1) is 7.11 Å². The van der Waals surface area contributed by atoms with Crippen LogP contribution in [0, 0.1) is 0 Å². The molecule has 1 aromatic heterocycles. The van der Waals surface area contributed by atoms with E-state index in [2.05, 4.69) is 16.4 Å². The summed E-state index contributed by atoms with van der Waals surface area (Å²) in [6.07, 6.45) is 5.09. The molecule has 1 heterocycles. The topological polar surface area (TPSA) is 47.0 Å². The van der Waals surface area contributed by atoms with E-state index >= 15 is 0 Å². The Bertz CT molecular complexity index is 604. The maximum Gasteiger partial charge on any atom is 0.161 e. The molecule has 1 N–H and O–H groups in total. The Kier molecular flexibility index (Phi) is 4.04. The SMILES string of the molecule is CNc1cc(C2CCCC2)nc(-c2ccc(OC)cc2)n1. The van der Waals surface area contributed by atoms with Gasteiger partial charge in [0.15, 0.2) is 5.82 Å². The van der Waals surface area contributed by atoms with Crippen molar-refractivity contribution in [3.63, 3.8) is 0 Å². The number of benzene rings is 1. The zero-order valence-corrected chi connectivity index (χ0v) is 12.6. The van der Waals surface area contributed by atoms with Crippen LogP contribution in [0.1, 0.15) is 37.3 Å². The molecule has 21 heavy (non-hydrogen) atoms. The highest BCUT2D eigenvalue weighted by molar-refractivity contribution is 5.59. The van der Waals surface area contributed by atoms with Crippen molar-refractivity contribution in [2.24, 2.45) is 0 Å². The molecule has 2 aromatic rings. The van der Waals surface area contributed by atoms with Crippen molar-refractivity contribution in [2.45, 2.75) is 31.6 Å². The van der Waals surface area contributed by atoms with Gasteiger partial charge in [-0.15, -0.1) is 0 Å². The van der Waals surface area contributed by atoms with E-state index in [1.54, 1.807) is 7.11 Å². The highest BCUT2D eigenvalue weighted by atomic mass is 16.5. The van der Waals surface area contributed by atoms with Crippen LogP contribution in [-0.2, 0) is 0 Å². The first-order chi connectivity index (χ1) is 10.3. The van der Waals surface area contributed by atoms with Gasteiger partial charge in [0, 0.05) is 30.3 Å². The van der Waals surface area contributed by atoms with E-state index in [4.69, 9.17) is 9.72 Å². The molecule has 0 bridgehead atoms. The molecule has 0 amide bonds. The third-order valence-corrected chi connectivity index (χ3v) is 4.12. The second-order valence-corrected chi connectivity index (χ2v) is 5.46. The zero-order chi connectivity index (χ0) is 14.7. The van der Waals surface area contributed by atoms with Gasteiger partial charge in [0.1, 0.15) is 11.6 Å². The third-order valence-electron chi connectivity index (χ3n) is 4.12. The van der Waals surface area contributed by atoms with Crippen molar-refractivity contribution in [1.82, 2.24) is 9.97 Å². The van der Waals surface area contributed by atoms with Crippen molar-refractivity contribution in [1.29, 1.82) is 0 Å². The van der Waals surface area contributed by atoms with Crippen LogP contribution in [-0.4, -0.2) is 24.1 Å². The largest absolute Gasteiger partial charge is 0.497 e. The quantitative estimate of drug-likeness (QED) is 0.925. The van der Waals surface area contributed by atoms with Crippen LogP contribution < -0.4 is 10.1 Å². The van der Waals surface area contributed by atoms with Gasteiger partial charge in [-0.3, -0.25) is 0 Å². The fraction of sp³-hybridized carbons (Fsp3) is 0.412. The molecule has 110 valence electrons. The van der Waals surface area contributed by atoms with Crippen molar-refractivity contribution in [2.75, 3.05) is 19.5 Å². The first-order valence-corrected chi connectivity index (χ1v) is 7.51. The van der Waals surface area contributed by atoms with Crippen LogP contribution >= 0.6 is 0 Å². The number of rotatable bonds is 4. The highest BCUT2D eigenvalue weighted by Crippen LogP contribution is 2.34. The van der Waals surface area contributed by atoms with E-state index in [-0.39, 0.29) is 0 Å². The maximum atomic E-state index is 5.20. The minimum absolute atomic E-state index is 0.581. The molecule has 0 saturated heterocycles. The lowest BCUT2D eigenvalue weighted by atomic mass is 10.0. The van der Waals surface area contributed by atoms with Crippen molar-refractivity contribution in [3.05, 3.63) is 36.0 Å². The van der Waals surface area contributed by atoms with Crippen LogP contribution in [0.3, 0.4) is 0 Å². The summed E-state index contributed by atoms with van der Waals surface area (Å²) in [6, 6.07) is 9.99. The summed E-state index contributed by atoms with van der Waals surface area (Å²) in [6.45, 7) is 0. The first-order valence-electron chi connectivity index (χ1n) is 7.51. The second-order valence-electron chi connectivity index (χ2n) is 5.46. The minimum atomic E-state index is 0.581. The summed E-state index contributed by atoms with van der Waals surface area (Å²) in [7, 11) is 3.57. The molecular weight excluding hydrogens is 262 g/mol. The van der Waals surface area contributed by atoms with E-state index in [1.165, 1.54) is 25.7 Å². The number of anilines is 1. The molecule has 4 nitrogen and oxygen atoms in total. The van der Waals surface area contributed by atoms with Crippen LogP contribution in [0.4, 0.5) is 5.82 Å². The summed E-state index contributed by atoms with van der Waals surface area (Å²) < 4.78 is 5.20. The summed E-state index contributed by atoms with van der Waals surface area (Å²) in [5, 5.41) is 3.15. The highest BCUT2D eigenvalue weighted by Gasteiger charge is 2.20. The van der Waals surface area contributed by atoms with Crippen molar-refractivity contribution >= 4 is 5.82 Å². The number of hydrogen-bond acceptors (Lipinski definition) is 4. The predicted molar refractivity (Wildman–Crippen MR) is 84.8 cm³/mol. The summed E-state index contributed by atoms with van der Waals surface area (Å²) in [4.78, 5) is 9.38. The zero-order valence-electron chi connectivity index (χ0n) is 12.6. The molecular formula is C17H21N3O. The average Bonchev–Trinajstić information content (AvgIpc) is 3.09. The molecule has 0 spiro atoms. The lowest BCUT2D eigenvalue weighted by Gasteiger charge is -2.12. The number of hydrogen-bond donors (Lipinski definition) is 1. The first kappa shape index (κ1) is 13.9. The van der Waals surface area contributed by atoms with E-state index in [0.717, 1.165) is 28.6 Å². The fourth-order valence-corrected chi connectivity index (χ4v) is 2.89. The third kappa shape index (κ3) is 2.99. The van der Waals surface area contributed by atoms with Crippen LogP contribution in [0.2, 0.25) is 0 Å². The molecule has 1 aliphatic carbocycles. The van der Waals surface area contributed by atoms with Gasteiger partial charge >= 0.3 is 0 Å². The molecule has 0 atom stereocenters. The van der Waals surface area contributed by atoms with Gasteiger partial charge in [-0.25, -0.2) is 9.97 Å². The number of nitrogens with zero attached hydrogens (tertiary/aromatic N) is 2. The molecule has 4 heteroatoms. The lowest BCUT2D eigenvalue weighted by molar-refractivity contribution is 0.415. The maximum absolute atomic E-state index is 5.20. The Balaban J connectivity index is 1.97. The summed E-state index contributed by atoms with van der Waals surface area (Å²) >= 11 is 0. The molecule has 1 saturated carbocycles. The van der Waals surface area contributed by atoms with Crippen molar-refractivity contribution in [3.8, 4) is 17.1 Å². The Morgan fingerprint density at radius 1 is 1.10 bits per heavy atom.